The average Bonchev–Trinajstić information content (AvgIpc) is 2.87. The van der Waals surface area contributed by atoms with E-state index in [4.69, 9.17) is 17.3 Å². The van der Waals surface area contributed by atoms with E-state index >= 15 is 0 Å². The molecule has 1 aliphatic heterocycles. The van der Waals surface area contributed by atoms with Crippen molar-refractivity contribution in [2.45, 2.75) is 23.8 Å². The number of nitrogens with zero attached hydrogens (tertiary/aromatic N) is 1. The lowest BCUT2D eigenvalue weighted by atomic mass is 10.2. The molecule has 1 aromatic carbocycles. The average molecular weight is 299 g/mol. The zero-order chi connectivity index (χ0) is 13.8. The second-order valence-corrected chi connectivity index (χ2v) is 5.79. The smallest absolute Gasteiger partial charge is 0.240 e. The van der Waals surface area contributed by atoms with Crippen LogP contribution in [0.25, 0.3) is 0 Å². The van der Waals surface area contributed by atoms with Crippen LogP contribution in [0.1, 0.15) is 12.8 Å². The fourth-order valence-corrected chi connectivity index (χ4v) is 3.27. The molecular formula is C13H15ClN2O2S. The van der Waals surface area contributed by atoms with E-state index in [0.29, 0.717) is 18.0 Å². The van der Waals surface area contributed by atoms with Gasteiger partial charge in [0.15, 0.2) is 0 Å². The first-order chi connectivity index (χ1) is 9.09. The van der Waals surface area contributed by atoms with E-state index in [0.717, 1.165) is 11.3 Å². The third-order valence-electron chi connectivity index (χ3n) is 3.09. The van der Waals surface area contributed by atoms with Crippen LogP contribution in [0.2, 0.25) is 5.02 Å². The molecule has 19 heavy (non-hydrogen) atoms. The molecule has 6 heteroatoms. The third-order valence-corrected chi connectivity index (χ3v) is 4.59. The lowest BCUT2D eigenvalue weighted by Gasteiger charge is -2.22. The van der Waals surface area contributed by atoms with Crippen LogP contribution in [0.5, 0.6) is 0 Å². The van der Waals surface area contributed by atoms with Crippen molar-refractivity contribution in [1.29, 1.82) is 0 Å². The minimum Gasteiger partial charge on any atom is -0.368 e. The Kier molecular flexibility index (Phi) is 4.71. The molecule has 1 saturated heterocycles. The predicted molar refractivity (Wildman–Crippen MR) is 76.1 cm³/mol. The Morgan fingerprint density at radius 2 is 2.16 bits per heavy atom. The van der Waals surface area contributed by atoms with Crippen LogP contribution in [0.3, 0.4) is 0 Å². The van der Waals surface area contributed by atoms with Crippen LogP contribution >= 0.6 is 23.4 Å². The summed E-state index contributed by atoms with van der Waals surface area (Å²) in [6, 6.07) is 6.93. The molecule has 0 aliphatic carbocycles. The highest BCUT2D eigenvalue weighted by molar-refractivity contribution is 8.00. The molecule has 4 nitrogen and oxygen atoms in total. The van der Waals surface area contributed by atoms with Crippen LogP contribution in [0, 0.1) is 0 Å². The SMILES string of the molecule is NC(=O)[C@@H]1CCCN1C(=O)CSc1ccccc1Cl. The van der Waals surface area contributed by atoms with Crippen LogP contribution in [-0.4, -0.2) is 35.1 Å². The highest BCUT2D eigenvalue weighted by Gasteiger charge is 2.32. The first-order valence-corrected chi connectivity index (χ1v) is 7.42. The number of carbonyl (C=O) groups excluding carboxylic acids is 2. The molecule has 1 fully saturated rings. The standard InChI is InChI=1S/C13H15ClN2O2S/c14-9-4-1-2-6-11(9)19-8-12(17)16-7-3-5-10(16)13(15)18/h1-2,4,6,10H,3,5,7-8H2,(H2,15,18)/t10-/m0/s1. The number of primary amides is 1. The Morgan fingerprint density at radius 3 is 2.84 bits per heavy atom. The van der Waals surface area contributed by atoms with Gasteiger partial charge in [0.05, 0.1) is 10.8 Å². The molecule has 0 radical (unpaired) electrons. The van der Waals surface area contributed by atoms with E-state index in [1.54, 1.807) is 11.0 Å². The Hall–Kier alpha value is -1.20. The molecule has 1 atom stereocenters. The molecule has 2 amide bonds. The van der Waals surface area contributed by atoms with Gasteiger partial charge in [-0.25, -0.2) is 0 Å². The lowest BCUT2D eigenvalue weighted by molar-refractivity contribution is -0.135. The van der Waals surface area contributed by atoms with Crippen LogP contribution < -0.4 is 5.73 Å². The summed E-state index contributed by atoms with van der Waals surface area (Å²) in [5.41, 5.74) is 5.30. The monoisotopic (exact) mass is 298 g/mol. The normalized spacial score (nSPS) is 18.6. The van der Waals surface area contributed by atoms with Gasteiger partial charge in [0.25, 0.3) is 0 Å². The van der Waals surface area contributed by atoms with Gasteiger partial charge in [0.1, 0.15) is 6.04 Å². The van der Waals surface area contributed by atoms with Crippen molar-refractivity contribution < 1.29 is 9.59 Å². The fourth-order valence-electron chi connectivity index (χ4n) is 2.15. The number of hydrogen-bond donors (Lipinski definition) is 1. The second kappa shape index (κ2) is 6.30. The van der Waals surface area contributed by atoms with Crippen molar-refractivity contribution in [1.82, 2.24) is 4.90 Å². The summed E-state index contributed by atoms with van der Waals surface area (Å²) in [4.78, 5) is 25.8. The van der Waals surface area contributed by atoms with Crippen LogP contribution in [0.15, 0.2) is 29.2 Å². The van der Waals surface area contributed by atoms with E-state index in [9.17, 15) is 9.59 Å². The van der Waals surface area contributed by atoms with Crippen molar-refractivity contribution in [2.24, 2.45) is 5.73 Å². The van der Waals surface area contributed by atoms with E-state index in [1.165, 1.54) is 11.8 Å². The zero-order valence-electron chi connectivity index (χ0n) is 10.3. The molecule has 0 aromatic heterocycles. The summed E-state index contributed by atoms with van der Waals surface area (Å²) in [5.74, 6) is -0.215. The van der Waals surface area contributed by atoms with Gasteiger partial charge in [-0.05, 0) is 25.0 Å². The number of halogens is 1. The number of nitrogens with two attached hydrogens (primary N) is 1. The molecular weight excluding hydrogens is 284 g/mol. The topological polar surface area (TPSA) is 63.4 Å². The van der Waals surface area contributed by atoms with Crippen LogP contribution in [0.4, 0.5) is 0 Å². The number of thioether (sulfide) groups is 1. The van der Waals surface area contributed by atoms with Crippen molar-refractivity contribution in [3.05, 3.63) is 29.3 Å². The van der Waals surface area contributed by atoms with Gasteiger partial charge >= 0.3 is 0 Å². The Bertz CT molecular complexity index is 495. The first kappa shape index (κ1) is 14.2. The summed E-state index contributed by atoms with van der Waals surface area (Å²) in [6.45, 7) is 0.607. The van der Waals surface area contributed by atoms with Gasteiger partial charge in [-0.1, -0.05) is 23.7 Å². The summed E-state index contributed by atoms with van der Waals surface area (Å²) < 4.78 is 0. The van der Waals surface area contributed by atoms with Gasteiger partial charge in [0.2, 0.25) is 11.8 Å². The van der Waals surface area contributed by atoms with E-state index in [1.807, 2.05) is 18.2 Å². The number of carbonyl (C=O) groups is 2. The fraction of sp³-hybridized carbons (Fsp3) is 0.385. The minimum absolute atomic E-state index is 0.0637. The van der Waals surface area contributed by atoms with Gasteiger partial charge in [-0.15, -0.1) is 11.8 Å². The minimum atomic E-state index is -0.445. The third kappa shape index (κ3) is 3.42. The molecule has 102 valence electrons. The Balaban J connectivity index is 1.95. The molecule has 0 saturated carbocycles. The van der Waals surface area contributed by atoms with Crippen molar-refractivity contribution in [3.63, 3.8) is 0 Å². The van der Waals surface area contributed by atoms with Gasteiger partial charge in [-0.3, -0.25) is 9.59 Å². The number of benzene rings is 1. The summed E-state index contributed by atoms with van der Waals surface area (Å²) in [7, 11) is 0. The van der Waals surface area contributed by atoms with Crippen LogP contribution in [-0.2, 0) is 9.59 Å². The molecule has 2 N–H and O–H groups in total. The van der Waals surface area contributed by atoms with Gasteiger partial charge in [0, 0.05) is 11.4 Å². The molecule has 1 heterocycles. The molecule has 0 spiro atoms. The first-order valence-electron chi connectivity index (χ1n) is 6.05. The van der Waals surface area contributed by atoms with E-state index < -0.39 is 11.9 Å². The lowest BCUT2D eigenvalue weighted by Crippen LogP contribution is -2.44. The summed E-state index contributed by atoms with van der Waals surface area (Å²) in [6.07, 6.45) is 1.49. The maximum Gasteiger partial charge on any atom is 0.240 e. The van der Waals surface area contributed by atoms with Crippen molar-refractivity contribution in [3.8, 4) is 0 Å². The maximum absolute atomic E-state index is 12.1. The number of likely N-dealkylation sites (tertiary alicyclic amines) is 1. The van der Waals surface area contributed by atoms with Gasteiger partial charge < -0.3 is 10.6 Å². The summed E-state index contributed by atoms with van der Waals surface area (Å²) >= 11 is 7.41. The Morgan fingerprint density at radius 1 is 1.42 bits per heavy atom. The number of hydrogen-bond acceptors (Lipinski definition) is 3. The molecule has 2 rings (SSSR count). The highest BCUT2D eigenvalue weighted by atomic mass is 35.5. The highest BCUT2D eigenvalue weighted by Crippen LogP contribution is 2.27. The molecule has 1 aliphatic rings. The van der Waals surface area contributed by atoms with Crippen molar-refractivity contribution in [2.75, 3.05) is 12.3 Å². The van der Waals surface area contributed by atoms with E-state index in [-0.39, 0.29) is 11.7 Å². The molecule has 0 unspecified atom stereocenters. The van der Waals surface area contributed by atoms with E-state index in [2.05, 4.69) is 0 Å². The maximum atomic E-state index is 12.1. The Labute approximate surface area is 121 Å². The molecule has 1 aromatic rings. The number of rotatable bonds is 4. The molecule has 0 bridgehead atoms. The zero-order valence-corrected chi connectivity index (χ0v) is 11.9. The largest absolute Gasteiger partial charge is 0.368 e. The second-order valence-electron chi connectivity index (χ2n) is 4.37. The van der Waals surface area contributed by atoms with Crippen molar-refractivity contribution >= 4 is 35.2 Å². The quantitative estimate of drug-likeness (QED) is 0.864. The number of amides is 2. The summed E-state index contributed by atoms with van der Waals surface area (Å²) in [5, 5.41) is 0.633. The van der Waals surface area contributed by atoms with Gasteiger partial charge in [-0.2, -0.15) is 0 Å². The predicted octanol–water partition coefficient (Wildman–Crippen LogP) is 1.91.